The average molecular weight is 273 g/mol. The van der Waals surface area contributed by atoms with Crippen LogP contribution in [0.2, 0.25) is 0 Å². The fraction of sp³-hybridized carbons (Fsp3) is 0.400. The Morgan fingerprint density at radius 3 is 2.15 bits per heavy atom. The van der Waals surface area contributed by atoms with Gasteiger partial charge in [-0.15, -0.1) is 0 Å². The van der Waals surface area contributed by atoms with Gasteiger partial charge in [0.1, 0.15) is 0 Å². The van der Waals surface area contributed by atoms with E-state index in [9.17, 15) is 9.59 Å². The summed E-state index contributed by atoms with van der Waals surface area (Å²) in [6, 6.07) is 9.32. The van der Waals surface area contributed by atoms with E-state index in [2.05, 4.69) is 4.99 Å². The molecule has 1 aromatic rings. The number of rotatable bonds is 2. The Balaban J connectivity index is 2.53. The molecule has 0 aromatic heterocycles. The standard InChI is InChI=1S/C15H19N3O2/c1-5-17-12(19)13(20)18(15(2,3)4)14(17)16-11-9-7-6-8-10-11/h6-10H,5H2,1-4H3. The molecule has 0 saturated carbocycles. The van der Waals surface area contributed by atoms with E-state index in [0.29, 0.717) is 12.5 Å². The number of hydrogen-bond donors (Lipinski definition) is 0. The molecule has 0 spiro atoms. The molecule has 0 aliphatic carbocycles. The summed E-state index contributed by atoms with van der Waals surface area (Å²) in [5, 5.41) is 0. The van der Waals surface area contributed by atoms with Gasteiger partial charge in [0, 0.05) is 12.1 Å². The highest BCUT2D eigenvalue weighted by atomic mass is 16.2. The molecule has 1 fully saturated rings. The van der Waals surface area contributed by atoms with E-state index in [-0.39, 0.29) is 0 Å². The predicted molar refractivity (Wildman–Crippen MR) is 77.5 cm³/mol. The highest BCUT2D eigenvalue weighted by Crippen LogP contribution is 2.25. The Hall–Kier alpha value is -2.17. The number of carbonyl (C=O) groups is 2. The van der Waals surface area contributed by atoms with Crippen LogP contribution in [-0.4, -0.2) is 39.7 Å². The molecule has 1 saturated heterocycles. The molecule has 0 atom stereocenters. The van der Waals surface area contributed by atoms with Gasteiger partial charge in [0.15, 0.2) is 0 Å². The van der Waals surface area contributed by atoms with Crippen molar-refractivity contribution in [3.05, 3.63) is 30.3 Å². The second-order valence-corrected chi connectivity index (χ2v) is 5.61. The van der Waals surface area contributed by atoms with Gasteiger partial charge in [0.25, 0.3) is 0 Å². The van der Waals surface area contributed by atoms with Crippen molar-refractivity contribution >= 4 is 23.5 Å². The van der Waals surface area contributed by atoms with Crippen LogP contribution >= 0.6 is 0 Å². The largest absolute Gasteiger partial charge is 0.319 e. The van der Waals surface area contributed by atoms with Gasteiger partial charge in [0.05, 0.1) is 5.69 Å². The Bertz CT molecular complexity index is 558. The highest BCUT2D eigenvalue weighted by Gasteiger charge is 2.46. The fourth-order valence-corrected chi connectivity index (χ4v) is 2.13. The zero-order valence-corrected chi connectivity index (χ0v) is 12.3. The second-order valence-electron chi connectivity index (χ2n) is 5.61. The van der Waals surface area contributed by atoms with Crippen LogP contribution in [0.5, 0.6) is 0 Å². The first kappa shape index (κ1) is 14.2. The molecule has 1 aromatic carbocycles. The summed E-state index contributed by atoms with van der Waals surface area (Å²) in [5.74, 6) is -0.632. The summed E-state index contributed by atoms with van der Waals surface area (Å²) >= 11 is 0. The monoisotopic (exact) mass is 273 g/mol. The number of benzene rings is 1. The molecule has 0 bridgehead atoms. The zero-order valence-electron chi connectivity index (χ0n) is 12.3. The van der Waals surface area contributed by atoms with Crippen LogP contribution in [0.1, 0.15) is 27.7 Å². The first-order valence-corrected chi connectivity index (χ1v) is 6.66. The van der Waals surface area contributed by atoms with E-state index < -0.39 is 17.4 Å². The van der Waals surface area contributed by atoms with Gasteiger partial charge in [0.2, 0.25) is 5.96 Å². The minimum absolute atomic E-state index is 0.404. The number of hydrogen-bond acceptors (Lipinski definition) is 3. The summed E-state index contributed by atoms with van der Waals surface area (Å²) in [5.41, 5.74) is 0.224. The van der Waals surface area contributed by atoms with Gasteiger partial charge in [-0.25, -0.2) is 4.99 Å². The van der Waals surface area contributed by atoms with Gasteiger partial charge in [-0.05, 0) is 39.8 Å². The molecule has 106 valence electrons. The number of para-hydroxylation sites is 1. The van der Waals surface area contributed by atoms with Crippen molar-refractivity contribution in [2.75, 3.05) is 6.54 Å². The number of carbonyl (C=O) groups excluding carboxylic acids is 2. The van der Waals surface area contributed by atoms with Crippen molar-refractivity contribution in [3.63, 3.8) is 0 Å². The van der Waals surface area contributed by atoms with Crippen LogP contribution in [0.15, 0.2) is 35.3 Å². The molecule has 20 heavy (non-hydrogen) atoms. The predicted octanol–water partition coefficient (Wildman–Crippen LogP) is 2.16. The van der Waals surface area contributed by atoms with Crippen molar-refractivity contribution in [2.24, 2.45) is 4.99 Å². The third-order valence-electron chi connectivity index (χ3n) is 3.04. The lowest BCUT2D eigenvalue weighted by molar-refractivity contribution is -0.144. The first-order valence-electron chi connectivity index (χ1n) is 6.66. The SMILES string of the molecule is CCN1C(=O)C(=O)N(C(C)(C)C)C1=Nc1ccccc1. The maximum absolute atomic E-state index is 12.2. The molecule has 2 amide bonds. The van der Waals surface area contributed by atoms with Gasteiger partial charge >= 0.3 is 11.8 Å². The minimum Gasteiger partial charge on any atom is -0.274 e. The van der Waals surface area contributed by atoms with E-state index in [0.717, 1.165) is 5.69 Å². The number of guanidine groups is 1. The third-order valence-corrected chi connectivity index (χ3v) is 3.04. The molecular formula is C15H19N3O2. The van der Waals surface area contributed by atoms with Gasteiger partial charge < -0.3 is 0 Å². The van der Waals surface area contributed by atoms with Crippen molar-refractivity contribution in [1.82, 2.24) is 9.80 Å². The summed E-state index contributed by atoms with van der Waals surface area (Å²) in [6.07, 6.45) is 0. The quantitative estimate of drug-likeness (QED) is 0.775. The van der Waals surface area contributed by atoms with Gasteiger partial charge in [-0.2, -0.15) is 0 Å². The topological polar surface area (TPSA) is 53.0 Å². The van der Waals surface area contributed by atoms with Crippen molar-refractivity contribution in [3.8, 4) is 0 Å². The molecule has 0 N–H and O–H groups in total. The van der Waals surface area contributed by atoms with Gasteiger partial charge in [-0.3, -0.25) is 19.4 Å². The van der Waals surface area contributed by atoms with Crippen LogP contribution in [0.3, 0.4) is 0 Å². The molecule has 5 nitrogen and oxygen atoms in total. The van der Waals surface area contributed by atoms with E-state index >= 15 is 0 Å². The first-order chi connectivity index (χ1) is 9.36. The van der Waals surface area contributed by atoms with Crippen molar-refractivity contribution in [2.45, 2.75) is 33.2 Å². The van der Waals surface area contributed by atoms with Crippen LogP contribution < -0.4 is 0 Å². The molecule has 1 aliphatic rings. The molecule has 0 unspecified atom stereocenters. The smallest absolute Gasteiger partial charge is 0.274 e. The minimum atomic E-state index is -0.519. The van der Waals surface area contributed by atoms with Crippen molar-refractivity contribution < 1.29 is 9.59 Å². The summed E-state index contributed by atoms with van der Waals surface area (Å²) in [6.45, 7) is 7.91. The van der Waals surface area contributed by atoms with Crippen molar-refractivity contribution in [1.29, 1.82) is 0 Å². The lowest BCUT2D eigenvalue weighted by Crippen LogP contribution is -2.47. The number of aliphatic imine (C=N–C) groups is 1. The van der Waals surface area contributed by atoms with E-state index in [1.54, 1.807) is 0 Å². The Morgan fingerprint density at radius 2 is 1.65 bits per heavy atom. The fourth-order valence-electron chi connectivity index (χ4n) is 2.13. The normalized spacial score (nSPS) is 18.3. The van der Waals surface area contributed by atoms with E-state index in [4.69, 9.17) is 0 Å². The van der Waals surface area contributed by atoms with Crippen LogP contribution in [0.4, 0.5) is 5.69 Å². The maximum Gasteiger partial charge on any atom is 0.319 e. The molecule has 1 aliphatic heterocycles. The van der Waals surface area contributed by atoms with Crippen LogP contribution in [-0.2, 0) is 9.59 Å². The lowest BCUT2D eigenvalue weighted by Gasteiger charge is -2.31. The maximum atomic E-state index is 12.2. The third kappa shape index (κ3) is 2.43. The summed E-state index contributed by atoms with van der Waals surface area (Å²) in [4.78, 5) is 31.6. The molecule has 1 heterocycles. The lowest BCUT2D eigenvalue weighted by atomic mass is 10.1. The zero-order chi connectivity index (χ0) is 14.9. The summed E-state index contributed by atoms with van der Waals surface area (Å²) < 4.78 is 0. The second kappa shape index (κ2) is 5.07. The van der Waals surface area contributed by atoms with Crippen LogP contribution in [0.25, 0.3) is 0 Å². The number of amides is 2. The molecule has 5 heteroatoms. The van der Waals surface area contributed by atoms with Gasteiger partial charge in [-0.1, -0.05) is 18.2 Å². The molecule has 2 rings (SSSR count). The molecular weight excluding hydrogens is 254 g/mol. The highest BCUT2D eigenvalue weighted by molar-refractivity contribution is 6.45. The summed E-state index contributed by atoms with van der Waals surface area (Å²) in [7, 11) is 0. The number of likely N-dealkylation sites (N-methyl/N-ethyl adjacent to an activating group) is 1. The van der Waals surface area contributed by atoms with Crippen LogP contribution in [0, 0.1) is 0 Å². The average Bonchev–Trinajstić information content (AvgIpc) is 2.62. The Kier molecular flexibility index (Phi) is 3.61. The molecule has 0 radical (unpaired) electrons. The van der Waals surface area contributed by atoms with E-state index in [1.807, 2.05) is 58.0 Å². The van der Waals surface area contributed by atoms with E-state index in [1.165, 1.54) is 9.80 Å². The Labute approximate surface area is 118 Å². The Morgan fingerprint density at radius 1 is 1.05 bits per heavy atom. The number of nitrogens with zero attached hydrogens (tertiary/aromatic N) is 3.